The highest BCUT2D eigenvalue weighted by Crippen LogP contribution is 2.43. The van der Waals surface area contributed by atoms with Gasteiger partial charge in [0.25, 0.3) is 5.91 Å². The smallest absolute Gasteiger partial charge is 0.279 e. The Labute approximate surface area is 171 Å². The van der Waals surface area contributed by atoms with Crippen molar-refractivity contribution in [3.05, 3.63) is 64.1 Å². The van der Waals surface area contributed by atoms with Crippen molar-refractivity contribution in [1.82, 2.24) is 0 Å². The topological polar surface area (TPSA) is 66.8 Å². The number of fused-ring (bicyclic) bond motifs is 1. The molecule has 0 aliphatic carbocycles. The second-order valence-corrected chi connectivity index (χ2v) is 10.5. The van der Waals surface area contributed by atoms with Gasteiger partial charge in [-0.15, -0.1) is 0 Å². The summed E-state index contributed by atoms with van der Waals surface area (Å²) in [6, 6.07) is 13.4. The number of hydrogen-bond donors (Lipinski definition) is 0. The third kappa shape index (κ3) is 3.74. The lowest BCUT2D eigenvalue weighted by Gasteiger charge is -2.25. The molecule has 2 aromatic rings. The number of halogens is 2. The first-order valence-electron chi connectivity index (χ1n) is 8.13. The number of carbonyl (C=O) groups is 1. The zero-order chi connectivity index (χ0) is 19.2. The first kappa shape index (κ1) is 18.8. The number of amides is 1. The van der Waals surface area contributed by atoms with E-state index in [4.69, 9.17) is 23.2 Å². The first-order valence-corrected chi connectivity index (χ1v) is 11.6. The molecule has 2 heterocycles. The van der Waals surface area contributed by atoms with Crippen LogP contribution in [-0.4, -0.2) is 42.3 Å². The summed E-state index contributed by atoms with van der Waals surface area (Å²) in [4.78, 5) is 18.6. The third-order valence-electron chi connectivity index (χ3n) is 4.45. The lowest BCUT2D eigenvalue weighted by Crippen LogP contribution is -2.38. The fourth-order valence-corrected chi connectivity index (χ4v) is 7.53. The van der Waals surface area contributed by atoms with Gasteiger partial charge in [0.15, 0.2) is 15.0 Å². The largest absolute Gasteiger partial charge is 0.314 e. The zero-order valence-corrected chi connectivity index (χ0v) is 17.0. The Bertz CT molecular complexity index is 1040. The van der Waals surface area contributed by atoms with Crippen molar-refractivity contribution in [1.29, 1.82) is 0 Å². The van der Waals surface area contributed by atoms with Gasteiger partial charge in [-0.3, -0.25) is 4.79 Å². The molecule has 140 valence electrons. The minimum Gasteiger partial charge on any atom is -0.314 e. The summed E-state index contributed by atoms with van der Waals surface area (Å²) in [5.41, 5.74) is 1.02. The molecule has 1 amide bonds. The maximum absolute atomic E-state index is 12.6. The van der Waals surface area contributed by atoms with E-state index in [0.29, 0.717) is 26.5 Å². The van der Waals surface area contributed by atoms with Gasteiger partial charge in [0.1, 0.15) is 0 Å². The molecule has 2 saturated heterocycles. The van der Waals surface area contributed by atoms with Crippen molar-refractivity contribution < 1.29 is 13.2 Å². The lowest BCUT2D eigenvalue weighted by molar-refractivity contribution is 0.100. The molecule has 2 atom stereocenters. The SMILES string of the molecule is O=C(N=C1S[C@H]2CS(=O)(=O)C[C@@H]2N1c1cc(Cl)ccc1Cl)c1ccccc1. The number of anilines is 1. The number of rotatable bonds is 2. The van der Waals surface area contributed by atoms with Crippen molar-refractivity contribution in [2.24, 2.45) is 4.99 Å². The van der Waals surface area contributed by atoms with Gasteiger partial charge in [0.2, 0.25) is 0 Å². The number of carbonyl (C=O) groups excluding carboxylic acids is 1. The Balaban J connectivity index is 1.78. The number of benzene rings is 2. The van der Waals surface area contributed by atoms with Gasteiger partial charge in [-0.05, 0) is 30.3 Å². The lowest BCUT2D eigenvalue weighted by atomic mass is 10.2. The standard InChI is InChI=1S/C18H14Cl2N2O3S2/c19-12-6-7-13(20)14(8-12)22-15-9-27(24,25)10-16(15)26-18(22)21-17(23)11-4-2-1-3-5-11/h1-8,15-16H,9-10H2/t15-,16-/m0/s1. The number of thioether (sulfide) groups is 1. The van der Waals surface area contributed by atoms with Crippen LogP contribution in [-0.2, 0) is 9.84 Å². The molecule has 4 rings (SSSR count). The monoisotopic (exact) mass is 440 g/mol. The van der Waals surface area contributed by atoms with Crippen molar-refractivity contribution in [2.75, 3.05) is 16.4 Å². The Morgan fingerprint density at radius 2 is 1.85 bits per heavy atom. The van der Waals surface area contributed by atoms with Crippen molar-refractivity contribution in [3.8, 4) is 0 Å². The highest BCUT2D eigenvalue weighted by atomic mass is 35.5. The highest BCUT2D eigenvalue weighted by molar-refractivity contribution is 8.16. The molecule has 5 nitrogen and oxygen atoms in total. The molecule has 0 radical (unpaired) electrons. The van der Waals surface area contributed by atoms with E-state index >= 15 is 0 Å². The van der Waals surface area contributed by atoms with E-state index in [0.717, 1.165) is 0 Å². The van der Waals surface area contributed by atoms with Gasteiger partial charge in [-0.25, -0.2) is 8.42 Å². The molecular weight excluding hydrogens is 427 g/mol. The summed E-state index contributed by atoms with van der Waals surface area (Å²) in [6.07, 6.45) is 0. The van der Waals surface area contributed by atoms with E-state index in [-0.39, 0.29) is 28.7 Å². The van der Waals surface area contributed by atoms with Gasteiger partial charge in [0, 0.05) is 15.8 Å². The van der Waals surface area contributed by atoms with Crippen LogP contribution in [0.3, 0.4) is 0 Å². The predicted octanol–water partition coefficient (Wildman–Crippen LogP) is 3.91. The van der Waals surface area contributed by atoms with Gasteiger partial charge in [-0.2, -0.15) is 4.99 Å². The molecule has 0 N–H and O–H groups in total. The summed E-state index contributed by atoms with van der Waals surface area (Å²) in [5, 5.41) is 1.13. The van der Waals surface area contributed by atoms with Crippen molar-refractivity contribution >= 4 is 61.6 Å². The molecule has 27 heavy (non-hydrogen) atoms. The molecule has 9 heteroatoms. The zero-order valence-electron chi connectivity index (χ0n) is 13.9. The molecule has 0 aromatic heterocycles. The van der Waals surface area contributed by atoms with Crippen LogP contribution >= 0.6 is 35.0 Å². The van der Waals surface area contributed by atoms with Gasteiger partial charge in [0.05, 0.1) is 28.3 Å². The number of amidine groups is 1. The maximum atomic E-state index is 12.6. The van der Waals surface area contributed by atoms with E-state index in [9.17, 15) is 13.2 Å². The Morgan fingerprint density at radius 1 is 1.11 bits per heavy atom. The number of sulfone groups is 1. The van der Waals surface area contributed by atoms with E-state index in [2.05, 4.69) is 4.99 Å². The van der Waals surface area contributed by atoms with Gasteiger partial charge in [-0.1, -0.05) is 53.2 Å². The average Bonchev–Trinajstić information content (AvgIpc) is 3.09. The fourth-order valence-electron chi connectivity index (χ4n) is 3.25. The Kier molecular flexibility index (Phi) is 4.96. The van der Waals surface area contributed by atoms with Gasteiger partial charge >= 0.3 is 0 Å². The summed E-state index contributed by atoms with van der Waals surface area (Å²) in [5.74, 6) is -0.342. The van der Waals surface area contributed by atoms with E-state index in [1.165, 1.54) is 11.8 Å². The second-order valence-electron chi connectivity index (χ2n) is 6.33. The highest BCUT2D eigenvalue weighted by Gasteiger charge is 2.49. The average molecular weight is 441 g/mol. The summed E-state index contributed by atoms with van der Waals surface area (Å²) in [7, 11) is -3.15. The molecule has 0 spiro atoms. The van der Waals surface area contributed by atoms with Crippen molar-refractivity contribution in [2.45, 2.75) is 11.3 Å². The van der Waals surface area contributed by atoms with E-state index < -0.39 is 9.84 Å². The van der Waals surface area contributed by atoms with Crippen LogP contribution in [0.4, 0.5) is 5.69 Å². The Morgan fingerprint density at radius 3 is 2.59 bits per heavy atom. The molecule has 2 aliphatic heterocycles. The van der Waals surface area contributed by atoms with Gasteiger partial charge < -0.3 is 4.90 Å². The number of hydrogen-bond acceptors (Lipinski definition) is 4. The van der Waals surface area contributed by atoms with Crippen LogP contribution in [0.1, 0.15) is 10.4 Å². The van der Waals surface area contributed by atoms with Crippen LogP contribution in [0.2, 0.25) is 10.0 Å². The molecular formula is C18H14Cl2N2O3S2. The molecule has 2 fully saturated rings. The normalized spacial score (nSPS) is 25.0. The molecule has 0 unspecified atom stereocenters. The van der Waals surface area contributed by atoms with Crippen LogP contribution in [0.15, 0.2) is 53.5 Å². The number of aliphatic imine (C=N–C) groups is 1. The van der Waals surface area contributed by atoms with Crippen LogP contribution in [0.5, 0.6) is 0 Å². The fraction of sp³-hybridized carbons (Fsp3) is 0.222. The molecule has 0 bridgehead atoms. The molecule has 0 saturated carbocycles. The first-order chi connectivity index (χ1) is 12.8. The van der Waals surface area contributed by atoms with Crippen molar-refractivity contribution in [3.63, 3.8) is 0 Å². The molecule has 2 aliphatic rings. The minimum atomic E-state index is -3.15. The summed E-state index contributed by atoms with van der Waals surface area (Å²) >= 11 is 13.8. The Hall–Kier alpha value is -1.54. The number of nitrogens with zero attached hydrogens (tertiary/aromatic N) is 2. The summed E-state index contributed by atoms with van der Waals surface area (Å²) in [6.45, 7) is 0. The quantitative estimate of drug-likeness (QED) is 0.707. The molecule has 2 aromatic carbocycles. The summed E-state index contributed by atoms with van der Waals surface area (Å²) < 4.78 is 24.2. The minimum absolute atomic E-state index is 0.00788. The van der Waals surface area contributed by atoms with Crippen LogP contribution in [0, 0.1) is 0 Å². The third-order valence-corrected chi connectivity index (χ3v) is 8.22. The predicted molar refractivity (Wildman–Crippen MR) is 111 cm³/mol. The maximum Gasteiger partial charge on any atom is 0.279 e. The second kappa shape index (κ2) is 7.13. The van der Waals surface area contributed by atoms with Crippen LogP contribution in [0.25, 0.3) is 0 Å². The van der Waals surface area contributed by atoms with E-state index in [1.807, 2.05) is 6.07 Å². The van der Waals surface area contributed by atoms with E-state index in [1.54, 1.807) is 47.4 Å². The van der Waals surface area contributed by atoms with Crippen LogP contribution < -0.4 is 4.90 Å².